The van der Waals surface area contributed by atoms with E-state index in [0.29, 0.717) is 18.4 Å². The van der Waals surface area contributed by atoms with Gasteiger partial charge in [0.15, 0.2) is 0 Å². The number of esters is 2. The maximum atomic E-state index is 12.4. The van der Waals surface area contributed by atoms with Crippen molar-refractivity contribution in [3.63, 3.8) is 0 Å². The fraction of sp³-hybridized carbons (Fsp3) is 0.526. The molecule has 1 aliphatic carbocycles. The highest BCUT2D eigenvalue weighted by Gasteiger charge is 2.37. The Morgan fingerprint density at radius 3 is 2.71 bits per heavy atom. The molecule has 150 valence electrons. The third-order valence-corrected chi connectivity index (χ3v) is 5.09. The molecule has 28 heavy (non-hydrogen) atoms. The molecule has 1 saturated carbocycles. The van der Waals surface area contributed by atoms with Gasteiger partial charge in [-0.3, -0.25) is 9.59 Å². The zero-order chi connectivity index (χ0) is 20.1. The Morgan fingerprint density at radius 2 is 2.00 bits per heavy atom. The van der Waals surface area contributed by atoms with Crippen LogP contribution in [0.25, 0.3) is 0 Å². The number of carbonyl (C=O) groups is 3. The highest BCUT2D eigenvalue weighted by atomic mass is 16.7. The summed E-state index contributed by atoms with van der Waals surface area (Å²) >= 11 is 0. The molecule has 0 bridgehead atoms. The summed E-state index contributed by atoms with van der Waals surface area (Å²) in [4.78, 5) is 35.9. The monoisotopic (exact) mass is 389 g/mol. The fourth-order valence-corrected chi connectivity index (χ4v) is 3.52. The van der Waals surface area contributed by atoms with E-state index < -0.39 is 25.8 Å². The first kappa shape index (κ1) is 20.2. The minimum Gasteiger partial charge on any atom is -0.534 e. The van der Waals surface area contributed by atoms with Gasteiger partial charge in [0, 0.05) is 6.42 Å². The SMILES string of the molecule is CCC(=O)N[C@H]1Cc2cccc(C(=O)OCOC(=O)C3CCCC3)c2OB1O. The predicted octanol–water partition coefficient (Wildman–Crippen LogP) is 1.38. The second-order valence-corrected chi connectivity index (χ2v) is 7.03. The molecule has 1 aliphatic heterocycles. The lowest BCUT2D eigenvalue weighted by molar-refractivity contribution is -0.156. The molecule has 1 heterocycles. The molecule has 0 saturated heterocycles. The van der Waals surface area contributed by atoms with Crippen molar-refractivity contribution >= 4 is 25.0 Å². The number of ether oxygens (including phenoxy) is 2. The Kier molecular flexibility index (Phi) is 6.56. The average molecular weight is 389 g/mol. The molecule has 0 radical (unpaired) electrons. The summed E-state index contributed by atoms with van der Waals surface area (Å²) in [5, 5.41) is 12.9. The van der Waals surface area contributed by atoms with Crippen molar-refractivity contribution in [3.8, 4) is 5.75 Å². The lowest BCUT2D eigenvalue weighted by Crippen LogP contribution is -2.53. The Balaban J connectivity index is 1.60. The van der Waals surface area contributed by atoms with E-state index in [4.69, 9.17) is 14.1 Å². The summed E-state index contributed by atoms with van der Waals surface area (Å²) in [5.41, 5.74) is 0.804. The van der Waals surface area contributed by atoms with E-state index in [1.54, 1.807) is 19.1 Å². The van der Waals surface area contributed by atoms with E-state index in [2.05, 4.69) is 5.32 Å². The van der Waals surface area contributed by atoms with Crippen molar-refractivity contribution in [1.29, 1.82) is 0 Å². The summed E-state index contributed by atoms with van der Waals surface area (Å²) in [7, 11) is -1.28. The summed E-state index contributed by atoms with van der Waals surface area (Å²) < 4.78 is 15.6. The van der Waals surface area contributed by atoms with Gasteiger partial charge in [-0.15, -0.1) is 0 Å². The van der Waals surface area contributed by atoms with Crippen molar-refractivity contribution in [1.82, 2.24) is 5.32 Å². The van der Waals surface area contributed by atoms with Crippen LogP contribution in [-0.4, -0.2) is 42.7 Å². The number of hydrogen-bond acceptors (Lipinski definition) is 7. The van der Waals surface area contributed by atoms with E-state index in [9.17, 15) is 19.4 Å². The third kappa shape index (κ3) is 4.65. The van der Waals surface area contributed by atoms with Gasteiger partial charge < -0.3 is 24.5 Å². The summed E-state index contributed by atoms with van der Waals surface area (Å²) in [6.07, 6.45) is 4.24. The van der Waals surface area contributed by atoms with Crippen LogP contribution in [0.5, 0.6) is 5.75 Å². The number of fused-ring (bicyclic) bond motifs is 1. The molecule has 0 unspecified atom stereocenters. The van der Waals surface area contributed by atoms with Gasteiger partial charge in [-0.1, -0.05) is 31.9 Å². The largest absolute Gasteiger partial charge is 0.547 e. The summed E-state index contributed by atoms with van der Waals surface area (Å²) in [6.45, 7) is 1.25. The van der Waals surface area contributed by atoms with E-state index in [0.717, 1.165) is 25.7 Å². The molecule has 1 aromatic carbocycles. The molecule has 2 aliphatic rings. The summed E-state index contributed by atoms with van der Waals surface area (Å²) in [6, 6.07) is 4.93. The van der Waals surface area contributed by atoms with E-state index >= 15 is 0 Å². The number of hydrogen-bond donors (Lipinski definition) is 2. The van der Waals surface area contributed by atoms with Gasteiger partial charge in [0.1, 0.15) is 11.3 Å². The van der Waals surface area contributed by atoms with Crippen LogP contribution < -0.4 is 9.97 Å². The lowest BCUT2D eigenvalue weighted by Gasteiger charge is -2.29. The van der Waals surface area contributed by atoms with E-state index in [1.807, 2.05) is 0 Å². The van der Waals surface area contributed by atoms with Gasteiger partial charge in [0.2, 0.25) is 12.7 Å². The van der Waals surface area contributed by atoms with Gasteiger partial charge in [-0.2, -0.15) is 0 Å². The summed E-state index contributed by atoms with van der Waals surface area (Å²) in [5.74, 6) is -1.75. The highest BCUT2D eigenvalue weighted by molar-refractivity contribution is 6.47. The number of para-hydroxylation sites is 1. The Hall–Kier alpha value is -2.55. The van der Waals surface area contributed by atoms with E-state index in [-0.39, 0.29) is 29.1 Å². The lowest BCUT2D eigenvalue weighted by atomic mass is 9.72. The second kappa shape index (κ2) is 9.10. The molecule has 8 nitrogen and oxygen atoms in total. The van der Waals surface area contributed by atoms with Crippen molar-refractivity contribution < 1.29 is 33.5 Å². The minimum atomic E-state index is -1.28. The van der Waals surface area contributed by atoms with Crippen LogP contribution in [-0.2, 0) is 25.5 Å². The third-order valence-electron chi connectivity index (χ3n) is 5.09. The van der Waals surface area contributed by atoms with Gasteiger partial charge in [0.05, 0.1) is 11.9 Å². The van der Waals surface area contributed by atoms with Crippen LogP contribution in [0.4, 0.5) is 0 Å². The molecule has 2 N–H and O–H groups in total. The molecule has 0 spiro atoms. The van der Waals surface area contributed by atoms with Gasteiger partial charge in [-0.05, 0) is 30.9 Å². The maximum absolute atomic E-state index is 12.4. The number of rotatable bonds is 6. The standard InChI is InChI=1S/C19H24BNO7/c1-2-16(22)21-15-10-13-8-5-9-14(17(13)28-20(15)25)19(24)27-11-26-18(23)12-6-3-4-7-12/h5,8-9,12,15,25H,2-4,6-7,10-11H2,1H3,(H,21,22)/t15-/m0/s1. The zero-order valence-electron chi connectivity index (χ0n) is 15.8. The predicted molar refractivity (Wildman–Crippen MR) is 99.3 cm³/mol. The van der Waals surface area contributed by atoms with Crippen molar-refractivity contribution in [2.24, 2.45) is 5.92 Å². The molecular formula is C19H24BNO7. The number of nitrogens with one attached hydrogen (secondary N) is 1. The van der Waals surface area contributed by atoms with Crippen LogP contribution in [0.2, 0.25) is 0 Å². The number of benzene rings is 1. The van der Waals surface area contributed by atoms with Crippen LogP contribution in [0.1, 0.15) is 54.9 Å². The van der Waals surface area contributed by atoms with Crippen LogP contribution in [0.3, 0.4) is 0 Å². The van der Waals surface area contributed by atoms with E-state index in [1.165, 1.54) is 6.07 Å². The Bertz CT molecular complexity index is 748. The van der Waals surface area contributed by atoms with Gasteiger partial charge in [-0.25, -0.2) is 4.79 Å². The first-order valence-electron chi connectivity index (χ1n) is 9.59. The topological polar surface area (TPSA) is 111 Å². The highest BCUT2D eigenvalue weighted by Crippen LogP contribution is 2.31. The fourth-order valence-electron chi connectivity index (χ4n) is 3.52. The normalized spacial score (nSPS) is 18.8. The van der Waals surface area contributed by atoms with Gasteiger partial charge >= 0.3 is 19.1 Å². The molecule has 1 amide bonds. The second-order valence-electron chi connectivity index (χ2n) is 7.03. The van der Waals surface area contributed by atoms with Crippen molar-refractivity contribution in [2.45, 2.75) is 51.4 Å². The average Bonchev–Trinajstić information content (AvgIpc) is 3.22. The van der Waals surface area contributed by atoms with Crippen molar-refractivity contribution in [3.05, 3.63) is 29.3 Å². The van der Waals surface area contributed by atoms with Crippen LogP contribution in [0.15, 0.2) is 18.2 Å². The molecule has 9 heteroatoms. The zero-order valence-corrected chi connectivity index (χ0v) is 15.8. The first-order valence-corrected chi connectivity index (χ1v) is 9.59. The molecule has 1 fully saturated rings. The van der Waals surface area contributed by atoms with Crippen LogP contribution in [0, 0.1) is 5.92 Å². The quantitative estimate of drug-likeness (QED) is 0.430. The van der Waals surface area contributed by atoms with Gasteiger partial charge in [0.25, 0.3) is 0 Å². The first-order chi connectivity index (χ1) is 13.5. The Labute approximate surface area is 163 Å². The van der Waals surface area contributed by atoms with Crippen LogP contribution >= 0.6 is 0 Å². The van der Waals surface area contributed by atoms with Crippen molar-refractivity contribution in [2.75, 3.05) is 6.79 Å². The maximum Gasteiger partial charge on any atom is 0.547 e. The minimum absolute atomic E-state index is 0.114. The Morgan fingerprint density at radius 1 is 1.25 bits per heavy atom. The molecule has 3 rings (SSSR count). The number of amides is 1. The molecule has 1 aromatic rings. The number of carbonyl (C=O) groups excluding carboxylic acids is 3. The molecule has 0 aromatic heterocycles. The molecular weight excluding hydrogens is 365 g/mol. The molecule has 1 atom stereocenters. The smallest absolute Gasteiger partial charge is 0.534 e.